The van der Waals surface area contributed by atoms with Crippen LogP contribution >= 0.6 is 0 Å². The van der Waals surface area contributed by atoms with E-state index >= 15 is 0 Å². The molecule has 120 valence electrons. The largest absolute Gasteiger partial charge is 0.372 e. The smallest absolute Gasteiger partial charge is 0.251 e. The van der Waals surface area contributed by atoms with E-state index in [4.69, 9.17) is 0 Å². The number of nitrogens with one attached hydrogen (secondary N) is 2. The molecule has 1 aliphatic rings. The molecule has 2 aromatic rings. The summed E-state index contributed by atoms with van der Waals surface area (Å²) in [5, 5.41) is 5.72. The Labute approximate surface area is 134 Å². The van der Waals surface area contributed by atoms with Gasteiger partial charge in [-0.2, -0.15) is 0 Å². The Morgan fingerprint density at radius 1 is 1.43 bits per heavy atom. The van der Waals surface area contributed by atoms with Crippen LogP contribution in [0.1, 0.15) is 16.8 Å². The molecule has 0 unspecified atom stereocenters. The average Bonchev–Trinajstić information content (AvgIpc) is 3.01. The molecule has 1 aromatic carbocycles. The van der Waals surface area contributed by atoms with Gasteiger partial charge in [-0.05, 0) is 18.2 Å². The number of aromatic nitrogens is 2. The first kappa shape index (κ1) is 15.1. The SMILES string of the molecule is CN1CCC(=O)Nc2cc(C(=O)NCCn3ccnc3)ccc21. The molecule has 0 spiro atoms. The Morgan fingerprint density at radius 2 is 2.30 bits per heavy atom. The second-order valence-electron chi connectivity index (χ2n) is 5.51. The van der Waals surface area contributed by atoms with Crippen LogP contribution in [-0.2, 0) is 11.3 Å². The Kier molecular flexibility index (Phi) is 4.27. The molecule has 0 atom stereocenters. The first-order chi connectivity index (χ1) is 11.1. The molecule has 0 fully saturated rings. The van der Waals surface area contributed by atoms with Crippen molar-refractivity contribution < 1.29 is 9.59 Å². The van der Waals surface area contributed by atoms with E-state index in [2.05, 4.69) is 15.6 Å². The number of hydrogen-bond donors (Lipinski definition) is 2. The van der Waals surface area contributed by atoms with E-state index in [1.165, 1.54) is 0 Å². The van der Waals surface area contributed by atoms with Gasteiger partial charge in [0, 0.05) is 51.1 Å². The summed E-state index contributed by atoms with van der Waals surface area (Å²) in [7, 11) is 1.93. The first-order valence-corrected chi connectivity index (χ1v) is 7.52. The quantitative estimate of drug-likeness (QED) is 0.885. The molecular formula is C16H19N5O2. The monoisotopic (exact) mass is 313 g/mol. The van der Waals surface area contributed by atoms with E-state index in [-0.39, 0.29) is 11.8 Å². The number of amides is 2. The second kappa shape index (κ2) is 6.51. The van der Waals surface area contributed by atoms with Gasteiger partial charge in [0.25, 0.3) is 5.91 Å². The fourth-order valence-electron chi connectivity index (χ4n) is 2.53. The van der Waals surface area contributed by atoms with Gasteiger partial charge in [-0.3, -0.25) is 9.59 Å². The summed E-state index contributed by atoms with van der Waals surface area (Å²) in [6.07, 6.45) is 5.70. The highest BCUT2D eigenvalue weighted by Crippen LogP contribution is 2.28. The van der Waals surface area contributed by atoms with Crippen molar-refractivity contribution in [2.24, 2.45) is 0 Å². The van der Waals surface area contributed by atoms with E-state index in [0.717, 1.165) is 5.69 Å². The topological polar surface area (TPSA) is 79.3 Å². The Balaban J connectivity index is 1.68. The number of nitrogens with zero attached hydrogens (tertiary/aromatic N) is 3. The lowest BCUT2D eigenvalue weighted by atomic mass is 10.1. The molecule has 1 aromatic heterocycles. The number of benzene rings is 1. The van der Waals surface area contributed by atoms with Gasteiger partial charge in [-0.15, -0.1) is 0 Å². The van der Waals surface area contributed by atoms with E-state index < -0.39 is 0 Å². The molecule has 7 heteroatoms. The number of fused-ring (bicyclic) bond motifs is 1. The van der Waals surface area contributed by atoms with Crippen LogP contribution < -0.4 is 15.5 Å². The van der Waals surface area contributed by atoms with Crippen LogP contribution in [-0.4, -0.2) is 41.5 Å². The van der Waals surface area contributed by atoms with Crippen LogP contribution in [0.25, 0.3) is 0 Å². The molecule has 0 bridgehead atoms. The number of imidazole rings is 1. The standard InChI is InChI=1S/C16H19N5O2/c1-20-7-4-15(22)19-13-10-12(2-3-14(13)20)16(23)18-6-9-21-8-5-17-11-21/h2-3,5,8,10-11H,4,6-7,9H2,1H3,(H,18,23)(H,19,22). The zero-order chi connectivity index (χ0) is 16.2. The molecule has 2 heterocycles. The highest BCUT2D eigenvalue weighted by molar-refractivity contribution is 6.00. The molecule has 7 nitrogen and oxygen atoms in total. The number of carbonyl (C=O) groups is 2. The summed E-state index contributed by atoms with van der Waals surface area (Å²) in [5.41, 5.74) is 2.13. The molecule has 2 N–H and O–H groups in total. The van der Waals surface area contributed by atoms with Gasteiger partial charge in [0.05, 0.1) is 17.7 Å². The van der Waals surface area contributed by atoms with Gasteiger partial charge in [0.2, 0.25) is 5.91 Å². The van der Waals surface area contributed by atoms with Crippen LogP contribution in [0.4, 0.5) is 11.4 Å². The summed E-state index contributed by atoms with van der Waals surface area (Å²) in [5.74, 6) is -0.192. The van der Waals surface area contributed by atoms with Crippen molar-refractivity contribution in [3.63, 3.8) is 0 Å². The summed E-state index contributed by atoms with van der Waals surface area (Å²) in [6.45, 7) is 1.84. The van der Waals surface area contributed by atoms with Gasteiger partial charge < -0.3 is 20.1 Å². The number of anilines is 2. The number of rotatable bonds is 4. The Morgan fingerprint density at radius 3 is 3.09 bits per heavy atom. The lowest BCUT2D eigenvalue weighted by Crippen LogP contribution is -2.27. The third-order valence-corrected chi connectivity index (χ3v) is 3.83. The fourth-order valence-corrected chi connectivity index (χ4v) is 2.53. The molecule has 23 heavy (non-hydrogen) atoms. The first-order valence-electron chi connectivity index (χ1n) is 7.52. The highest BCUT2D eigenvalue weighted by Gasteiger charge is 2.18. The normalized spacial score (nSPS) is 14.0. The zero-order valence-electron chi connectivity index (χ0n) is 13.0. The summed E-state index contributed by atoms with van der Waals surface area (Å²) in [4.78, 5) is 29.9. The minimum absolute atomic E-state index is 0.0340. The lowest BCUT2D eigenvalue weighted by molar-refractivity contribution is -0.115. The van der Waals surface area contributed by atoms with Crippen LogP contribution in [0.15, 0.2) is 36.9 Å². The number of carbonyl (C=O) groups excluding carboxylic acids is 2. The van der Waals surface area contributed by atoms with E-state index in [1.54, 1.807) is 24.7 Å². The lowest BCUT2D eigenvalue weighted by Gasteiger charge is -2.18. The van der Waals surface area contributed by atoms with Crippen molar-refractivity contribution in [1.82, 2.24) is 14.9 Å². The van der Waals surface area contributed by atoms with Crippen LogP contribution in [0.3, 0.4) is 0 Å². The van der Waals surface area contributed by atoms with E-state index in [1.807, 2.05) is 28.8 Å². The van der Waals surface area contributed by atoms with Crippen LogP contribution in [0, 0.1) is 0 Å². The molecule has 0 aliphatic carbocycles. The van der Waals surface area contributed by atoms with Crippen molar-refractivity contribution in [1.29, 1.82) is 0 Å². The highest BCUT2D eigenvalue weighted by atomic mass is 16.2. The van der Waals surface area contributed by atoms with Gasteiger partial charge in [-0.1, -0.05) is 0 Å². The third kappa shape index (κ3) is 3.50. The van der Waals surface area contributed by atoms with Crippen molar-refractivity contribution >= 4 is 23.2 Å². The second-order valence-corrected chi connectivity index (χ2v) is 5.51. The molecular weight excluding hydrogens is 294 g/mol. The van der Waals surface area contributed by atoms with Crippen LogP contribution in [0.5, 0.6) is 0 Å². The maximum Gasteiger partial charge on any atom is 0.251 e. The summed E-state index contributed by atoms with van der Waals surface area (Å²) < 4.78 is 1.90. The zero-order valence-corrected chi connectivity index (χ0v) is 13.0. The number of hydrogen-bond acceptors (Lipinski definition) is 4. The van der Waals surface area contributed by atoms with Crippen molar-refractivity contribution in [3.8, 4) is 0 Å². The molecule has 3 rings (SSSR count). The van der Waals surface area contributed by atoms with Gasteiger partial charge >= 0.3 is 0 Å². The van der Waals surface area contributed by atoms with Gasteiger partial charge in [-0.25, -0.2) is 4.98 Å². The maximum absolute atomic E-state index is 12.2. The maximum atomic E-state index is 12.2. The van der Waals surface area contributed by atoms with Gasteiger partial charge in [0.1, 0.15) is 0 Å². The van der Waals surface area contributed by atoms with E-state index in [0.29, 0.717) is 37.3 Å². The Bertz CT molecular complexity index is 711. The molecule has 1 aliphatic heterocycles. The van der Waals surface area contributed by atoms with E-state index in [9.17, 15) is 9.59 Å². The molecule has 0 saturated carbocycles. The van der Waals surface area contributed by atoms with Crippen molar-refractivity contribution in [2.75, 3.05) is 30.4 Å². The minimum Gasteiger partial charge on any atom is -0.372 e. The van der Waals surface area contributed by atoms with Gasteiger partial charge in [0.15, 0.2) is 0 Å². The fraction of sp³-hybridized carbons (Fsp3) is 0.312. The van der Waals surface area contributed by atoms with Crippen LogP contribution in [0.2, 0.25) is 0 Å². The molecule has 2 amide bonds. The minimum atomic E-state index is -0.158. The van der Waals surface area contributed by atoms with Crippen molar-refractivity contribution in [3.05, 3.63) is 42.5 Å². The molecule has 0 radical (unpaired) electrons. The predicted octanol–water partition coefficient (Wildman–Crippen LogP) is 1.09. The predicted molar refractivity (Wildman–Crippen MR) is 87.5 cm³/mol. The van der Waals surface area contributed by atoms with Crippen molar-refractivity contribution in [2.45, 2.75) is 13.0 Å². The third-order valence-electron chi connectivity index (χ3n) is 3.83. The molecule has 0 saturated heterocycles. The average molecular weight is 313 g/mol. The Hall–Kier alpha value is -2.83. The summed E-state index contributed by atoms with van der Waals surface area (Å²) >= 11 is 0. The summed E-state index contributed by atoms with van der Waals surface area (Å²) in [6, 6.07) is 5.37.